The maximum absolute atomic E-state index is 12.5. The standard InChI is InChI=1S/C18H16Cl2N2O3/c1-25-14-4-2-3-13(9-14)22-10-11(7-17(22)23)18(24)21-16-8-12(19)5-6-15(16)20/h2-6,8-9,11H,7,10H2,1H3,(H,21,24)/t11-/m1/s1. The zero-order valence-corrected chi connectivity index (χ0v) is 15.0. The third-order valence-corrected chi connectivity index (χ3v) is 4.61. The lowest BCUT2D eigenvalue weighted by atomic mass is 10.1. The fourth-order valence-electron chi connectivity index (χ4n) is 2.74. The van der Waals surface area contributed by atoms with Crippen LogP contribution in [0.25, 0.3) is 0 Å². The second kappa shape index (κ2) is 7.33. The Labute approximate surface area is 155 Å². The van der Waals surface area contributed by atoms with Crippen LogP contribution in [0.15, 0.2) is 42.5 Å². The van der Waals surface area contributed by atoms with Gasteiger partial charge in [-0.05, 0) is 30.3 Å². The number of benzene rings is 2. The summed E-state index contributed by atoms with van der Waals surface area (Å²) in [6, 6.07) is 12.0. The Balaban J connectivity index is 1.73. The highest BCUT2D eigenvalue weighted by Crippen LogP contribution is 2.30. The highest BCUT2D eigenvalue weighted by molar-refractivity contribution is 6.35. The Bertz CT molecular complexity index is 826. The van der Waals surface area contributed by atoms with E-state index >= 15 is 0 Å². The monoisotopic (exact) mass is 378 g/mol. The van der Waals surface area contributed by atoms with Gasteiger partial charge in [0.25, 0.3) is 0 Å². The number of nitrogens with one attached hydrogen (secondary N) is 1. The molecule has 1 atom stereocenters. The molecule has 0 aromatic heterocycles. The third kappa shape index (κ3) is 3.89. The van der Waals surface area contributed by atoms with Crippen molar-refractivity contribution in [1.29, 1.82) is 0 Å². The molecule has 5 nitrogen and oxygen atoms in total. The van der Waals surface area contributed by atoms with Gasteiger partial charge < -0.3 is 15.0 Å². The van der Waals surface area contributed by atoms with E-state index in [1.54, 1.807) is 48.4 Å². The Morgan fingerprint density at radius 3 is 2.80 bits per heavy atom. The van der Waals surface area contributed by atoms with Crippen LogP contribution in [-0.2, 0) is 9.59 Å². The second-order valence-electron chi connectivity index (χ2n) is 5.72. The van der Waals surface area contributed by atoms with Crippen molar-refractivity contribution in [2.45, 2.75) is 6.42 Å². The molecule has 0 aliphatic carbocycles. The molecular formula is C18H16Cl2N2O3. The molecule has 25 heavy (non-hydrogen) atoms. The lowest BCUT2D eigenvalue weighted by molar-refractivity contribution is -0.122. The van der Waals surface area contributed by atoms with E-state index in [1.807, 2.05) is 6.07 Å². The summed E-state index contributed by atoms with van der Waals surface area (Å²) in [6.07, 6.45) is 0.140. The molecule has 0 unspecified atom stereocenters. The Hall–Kier alpha value is -2.24. The van der Waals surface area contributed by atoms with E-state index in [0.717, 1.165) is 0 Å². The molecule has 0 bridgehead atoms. The van der Waals surface area contributed by atoms with Crippen LogP contribution < -0.4 is 15.0 Å². The summed E-state index contributed by atoms with van der Waals surface area (Å²) in [5.41, 5.74) is 1.15. The van der Waals surface area contributed by atoms with Crippen LogP contribution in [0.1, 0.15) is 6.42 Å². The van der Waals surface area contributed by atoms with Gasteiger partial charge in [0, 0.05) is 29.7 Å². The fraction of sp³-hybridized carbons (Fsp3) is 0.222. The van der Waals surface area contributed by atoms with Gasteiger partial charge in [-0.2, -0.15) is 0 Å². The quantitative estimate of drug-likeness (QED) is 0.874. The highest BCUT2D eigenvalue weighted by atomic mass is 35.5. The smallest absolute Gasteiger partial charge is 0.229 e. The topological polar surface area (TPSA) is 58.6 Å². The SMILES string of the molecule is COc1cccc(N2C[C@H](C(=O)Nc3cc(Cl)ccc3Cl)CC2=O)c1. The van der Waals surface area contributed by atoms with Crippen LogP contribution in [0.4, 0.5) is 11.4 Å². The molecule has 130 valence electrons. The average molecular weight is 379 g/mol. The van der Waals surface area contributed by atoms with Crippen molar-refractivity contribution in [3.63, 3.8) is 0 Å². The second-order valence-corrected chi connectivity index (χ2v) is 6.56. The molecule has 2 aromatic carbocycles. The first-order valence-electron chi connectivity index (χ1n) is 7.68. The molecule has 2 amide bonds. The molecule has 1 saturated heterocycles. The normalized spacial score (nSPS) is 16.8. The average Bonchev–Trinajstić information content (AvgIpc) is 3.00. The zero-order valence-electron chi connectivity index (χ0n) is 13.5. The lowest BCUT2D eigenvalue weighted by Gasteiger charge is -2.17. The van der Waals surface area contributed by atoms with Crippen LogP contribution in [0.2, 0.25) is 10.0 Å². The number of carbonyl (C=O) groups excluding carboxylic acids is 2. The minimum absolute atomic E-state index is 0.106. The van der Waals surface area contributed by atoms with Gasteiger partial charge in [-0.3, -0.25) is 9.59 Å². The van der Waals surface area contributed by atoms with Gasteiger partial charge in [0.2, 0.25) is 11.8 Å². The van der Waals surface area contributed by atoms with Crippen LogP contribution in [0.5, 0.6) is 5.75 Å². The van der Waals surface area contributed by atoms with Crippen molar-refractivity contribution in [3.8, 4) is 5.75 Å². The predicted molar refractivity (Wildman–Crippen MR) is 98.5 cm³/mol. The molecule has 3 rings (SSSR count). The molecule has 1 fully saturated rings. The summed E-state index contributed by atoms with van der Waals surface area (Å²) < 4.78 is 5.18. The van der Waals surface area contributed by atoms with E-state index in [1.165, 1.54) is 0 Å². The molecule has 0 radical (unpaired) electrons. The number of carbonyl (C=O) groups is 2. The molecular weight excluding hydrogens is 363 g/mol. The molecule has 1 aliphatic heterocycles. The lowest BCUT2D eigenvalue weighted by Crippen LogP contribution is -2.28. The summed E-state index contributed by atoms with van der Waals surface area (Å²) >= 11 is 12.0. The summed E-state index contributed by atoms with van der Waals surface area (Å²) in [6.45, 7) is 0.302. The number of rotatable bonds is 4. The van der Waals surface area contributed by atoms with Gasteiger partial charge in [0.05, 0.1) is 23.7 Å². The molecule has 0 spiro atoms. The number of methoxy groups -OCH3 is 1. The number of hydrogen-bond acceptors (Lipinski definition) is 3. The molecule has 1 heterocycles. The first kappa shape index (κ1) is 17.6. The van der Waals surface area contributed by atoms with Crippen molar-refractivity contribution < 1.29 is 14.3 Å². The molecule has 2 aromatic rings. The first-order valence-corrected chi connectivity index (χ1v) is 8.44. The summed E-state index contributed by atoms with van der Waals surface area (Å²) in [7, 11) is 1.57. The minimum Gasteiger partial charge on any atom is -0.497 e. The van der Waals surface area contributed by atoms with Gasteiger partial charge in [-0.15, -0.1) is 0 Å². The van der Waals surface area contributed by atoms with Crippen molar-refractivity contribution in [1.82, 2.24) is 0 Å². The fourth-order valence-corrected chi connectivity index (χ4v) is 3.08. The van der Waals surface area contributed by atoms with Gasteiger partial charge in [0.15, 0.2) is 0 Å². The maximum atomic E-state index is 12.5. The van der Waals surface area contributed by atoms with Crippen molar-refractivity contribution in [2.75, 3.05) is 23.9 Å². The number of nitrogens with zero attached hydrogens (tertiary/aromatic N) is 1. The Morgan fingerprint density at radius 2 is 2.04 bits per heavy atom. The van der Waals surface area contributed by atoms with Crippen molar-refractivity contribution in [3.05, 3.63) is 52.5 Å². The molecule has 0 saturated carbocycles. The predicted octanol–water partition coefficient (Wildman–Crippen LogP) is 3.99. The third-order valence-electron chi connectivity index (χ3n) is 4.05. The minimum atomic E-state index is -0.464. The number of halogens is 2. The van der Waals surface area contributed by atoms with Crippen LogP contribution in [0.3, 0.4) is 0 Å². The maximum Gasteiger partial charge on any atom is 0.229 e. The van der Waals surface area contributed by atoms with E-state index in [2.05, 4.69) is 5.32 Å². The summed E-state index contributed by atoms with van der Waals surface area (Å²) in [5.74, 6) is -0.175. The summed E-state index contributed by atoms with van der Waals surface area (Å²) in [4.78, 5) is 26.4. The molecule has 7 heteroatoms. The number of ether oxygens (including phenoxy) is 1. The number of hydrogen-bond donors (Lipinski definition) is 1. The van der Waals surface area contributed by atoms with E-state index in [9.17, 15) is 9.59 Å². The van der Waals surface area contributed by atoms with Crippen LogP contribution in [-0.4, -0.2) is 25.5 Å². The Morgan fingerprint density at radius 1 is 1.24 bits per heavy atom. The molecule has 1 N–H and O–H groups in total. The first-order chi connectivity index (χ1) is 12.0. The van der Waals surface area contributed by atoms with E-state index in [0.29, 0.717) is 33.7 Å². The van der Waals surface area contributed by atoms with E-state index in [-0.39, 0.29) is 18.2 Å². The van der Waals surface area contributed by atoms with Gasteiger partial charge in [-0.25, -0.2) is 0 Å². The highest BCUT2D eigenvalue weighted by Gasteiger charge is 2.35. The van der Waals surface area contributed by atoms with Gasteiger partial charge >= 0.3 is 0 Å². The number of anilines is 2. The van der Waals surface area contributed by atoms with Gasteiger partial charge in [-0.1, -0.05) is 29.3 Å². The molecule has 1 aliphatic rings. The van der Waals surface area contributed by atoms with Crippen molar-refractivity contribution >= 4 is 46.4 Å². The summed E-state index contributed by atoms with van der Waals surface area (Å²) in [5, 5.41) is 3.62. The van der Waals surface area contributed by atoms with E-state index in [4.69, 9.17) is 27.9 Å². The van der Waals surface area contributed by atoms with E-state index < -0.39 is 5.92 Å². The largest absolute Gasteiger partial charge is 0.497 e. The van der Waals surface area contributed by atoms with Crippen LogP contribution in [0, 0.1) is 5.92 Å². The zero-order chi connectivity index (χ0) is 18.0. The Kier molecular flexibility index (Phi) is 5.16. The number of amides is 2. The van der Waals surface area contributed by atoms with Crippen molar-refractivity contribution in [2.24, 2.45) is 5.92 Å². The van der Waals surface area contributed by atoms with Crippen LogP contribution >= 0.6 is 23.2 Å². The van der Waals surface area contributed by atoms with Gasteiger partial charge in [0.1, 0.15) is 5.75 Å².